The van der Waals surface area contributed by atoms with Gasteiger partial charge in [0.25, 0.3) is 10.1 Å². The lowest BCUT2D eigenvalue weighted by Crippen LogP contribution is -2.30. The van der Waals surface area contributed by atoms with Gasteiger partial charge >= 0.3 is 12.4 Å². The maximum atomic E-state index is 12.7. The summed E-state index contributed by atoms with van der Waals surface area (Å²) in [6.45, 7) is 3.65. The van der Waals surface area contributed by atoms with Crippen molar-refractivity contribution in [3.05, 3.63) is 45.9 Å². The van der Waals surface area contributed by atoms with Gasteiger partial charge in [-0.25, -0.2) is 0 Å². The molecule has 0 spiro atoms. The summed E-state index contributed by atoms with van der Waals surface area (Å²) in [5.41, 5.74) is -2.58. The van der Waals surface area contributed by atoms with E-state index < -0.39 is 39.4 Å². The second-order valence-corrected chi connectivity index (χ2v) is 6.78. The molecule has 0 heterocycles. The van der Waals surface area contributed by atoms with Gasteiger partial charge in [-0.05, 0) is 17.0 Å². The van der Waals surface area contributed by atoms with Crippen molar-refractivity contribution in [1.82, 2.24) is 0 Å². The van der Waals surface area contributed by atoms with Gasteiger partial charge in [-0.1, -0.05) is 38.1 Å². The first-order valence-corrected chi connectivity index (χ1v) is 8.02. The minimum absolute atomic E-state index is 0.0662. The molecule has 0 bridgehead atoms. The molecule has 10 heteroatoms. The fraction of sp³-hybridized carbons (Fsp3) is 0.429. The minimum atomic E-state index is -5.98. The molecule has 0 aliphatic rings. The molecule has 24 heavy (non-hydrogen) atoms. The number of hydrogen-bond acceptors (Lipinski definition) is 2. The Morgan fingerprint density at radius 2 is 1.42 bits per heavy atom. The molecule has 0 radical (unpaired) electrons. The third kappa shape index (κ3) is 5.23. The quantitative estimate of drug-likeness (QED) is 0.616. The minimum Gasteiger partial charge on any atom is -0.282 e. The highest BCUT2D eigenvalue weighted by molar-refractivity contribution is 7.89. The molecular formula is C14H14F6O3S. The van der Waals surface area contributed by atoms with Crippen LogP contribution in [0.1, 0.15) is 30.9 Å². The van der Waals surface area contributed by atoms with Crippen molar-refractivity contribution in [3.63, 3.8) is 0 Å². The fourth-order valence-corrected chi connectivity index (χ4v) is 2.83. The Balaban J connectivity index is 3.50. The van der Waals surface area contributed by atoms with E-state index in [4.69, 9.17) is 4.55 Å². The summed E-state index contributed by atoms with van der Waals surface area (Å²) < 4.78 is 107. The molecule has 1 N–H and O–H groups in total. The summed E-state index contributed by atoms with van der Waals surface area (Å²) in [6, 6.07) is 5.35. The van der Waals surface area contributed by atoms with Crippen LogP contribution in [0.3, 0.4) is 0 Å². The molecule has 1 aromatic carbocycles. The molecule has 0 aromatic heterocycles. The lowest BCUT2D eigenvalue weighted by molar-refractivity contribution is -0.172. The molecule has 3 nitrogen and oxygen atoms in total. The van der Waals surface area contributed by atoms with E-state index in [9.17, 15) is 34.8 Å². The zero-order valence-corrected chi connectivity index (χ0v) is 13.4. The van der Waals surface area contributed by atoms with Crippen LogP contribution in [-0.2, 0) is 16.5 Å². The molecular weight excluding hydrogens is 362 g/mol. The predicted molar refractivity (Wildman–Crippen MR) is 74.9 cm³/mol. The van der Waals surface area contributed by atoms with Crippen molar-refractivity contribution in [2.24, 2.45) is 0 Å². The summed E-state index contributed by atoms with van der Waals surface area (Å²) in [4.78, 5) is -2.13. The van der Waals surface area contributed by atoms with Crippen LogP contribution < -0.4 is 0 Å². The fourth-order valence-electron chi connectivity index (χ4n) is 1.99. The Morgan fingerprint density at radius 3 is 1.71 bits per heavy atom. The molecule has 0 aliphatic carbocycles. The van der Waals surface area contributed by atoms with Gasteiger partial charge in [-0.2, -0.15) is 34.8 Å². The monoisotopic (exact) mass is 376 g/mol. The average molecular weight is 376 g/mol. The Bertz CT molecular complexity index is 696. The molecule has 0 atom stereocenters. The highest BCUT2D eigenvalue weighted by atomic mass is 32.2. The van der Waals surface area contributed by atoms with Crippen molar-refractivity contribution in [1.29, 1.82) is 0 Å². The van der Waals surface area contributed by atoms with E-state index in [1.807, 2.05) is 13.8 Å². The number of benzene rings is 1. The second kappa shape index (κ2) is 6.75. The zero-order valence-electron chi connectivity index (χ0n) is 12.5. The van der Waals surface area contributed by atoms with Crippen LogP contribution in [0.15, 0.2) is 34.7 Å². The van der Waals surface area contributed by atoms with Gasteiger partial charge in [0.15, 0.2) is 5.57 Å². The van der Waals surface area contributed by atoms with Crippen LogP contribution in [0.25, 0.3) is 0 Å². The third-order valence-electron chi connectivity index (χ3n) is 3.17. The number of halogens is 6. The summed E-state index contributed by atoms with van der Waals surface area (Å²) in [7, 11) is -5.72. The summed E-state index contributed by atoms with van der Waals surface area (Å²) in [6.07, 6.45) is -13.2. The lowest BCUT2D eigenvalue weighted by Gasteiger charge is -2.19. The van der Waals surface area contributed by atoms with Crippen molar-refractivity contribution >= 4 is 10.1 Å². The van der Waals surface area contributed by atoms with Crippen LogP contribution in [0.2, 0.25) is 0 Å². The van der Waals surface area contributed by atoms with Crippen LogP contribution >= 0.6 is 0 Å². The Labute approximate surface area is 134 Å². The first-order chi connectivity index (χ1) is 10.6. The van der Waals surface area contributed by atoms with Gasteiger partial charge < -0.3 is 0 Å². The molecule has 1 aromatic rings. The van der Waals surface area contributed by atoms with Crippen LogP contribution in [0.5, 0.6) is 0 Å². The molecule has 0 amide bonds. The first-order valence-electron chi connectivity index (χ1n) is 6.58. The largest absolute Gasteiger partial charge is 0.422 e. The Kier molecular flexibility index (Phi) is 5.77. The molecule has 0 saturated carbocycles. The summed E-state index contributed by atoms with van der Waals surface area (Å²) >= 11 is 0. The maximum Gasteiger partial charge on any atom is 0.422 e. The topological polar surface area (TPSA) is 54.4 Å². The van der Waals surface area contributed by atoms with Crippen molar-refractivity contribution in [3.8, 4) is 0 Å². The SMILES string of the molecule is CC(C)c1ccc(CC(=C(C(F)(F)F)C(F)(F)F)S(=O)(=O)O)cc1. The van der Waals surface area contributed by atoms with E-state index in [0.29, 0.717) is 0 Å². The van der Waals surface area contributed by atoms with E-state index in [-0.39, 0.29) is 11.5 Å². The highest BCUT2D eigenvalue weighted by Gasteiger charge is 2.54. The van der Waals surface area contributed by atoms with Crippen molar-refractivity contribution in [2.75, 3.05) is 0 Å². The van der Waals surface area contributed by atoms with E-state index in [1.165, 1.54) is 24.3 Å². The number of allylic oxidation sites excluding steroid dienone is 2. The average Bonchev–Trinajstić information content (AvgIpc) is 2.34. The van der Waals surface area contributed by atoms with E-state index in [0.717, 1.165) is 5.56 Å². The van der Waals surface area contributed by atoms with Crippen molar-refractivity contribution in [2.45, 2.75) is 38.5 Å². The molecule has 136 valence electrons. The molecule has 0 unspecified atom stereocenters. The van der Waals surface area contributed by atoms with Gasteiger partial charge in [-0.15, -0.1) is 0 Å². The van der Waals surface area contributed by atoms with E-state index in [1.54, 1.807) is 0 Å². The Hall–Kier alpha value is -1.55. The lowest BCUT2D eigenvalue weighted by atomic mass is 10.00. The van der Waals surface area contributed by atoms with E-state index >= 15 is 0 Å². The smallest absolute Gasteiger partial charge is 0.282 e. The molecule has 0 aliphatic heterocycles. The Morgan fingerprint density at radius 1 is 1.00 bits per heavy atom. The van der Waals surface area contributed by atoms with Crippen molar-refractivity contribution < 1.29 is 39.3 Å². The molecule has 0 fully saturated rings. The molecule has 0 saturated heterocycles. The van der Waals surface area contributed by atoms with Gasteiger partial charge in [0, 0.05) is 6.42 Å². The van der Waals surface area contributed by atoms with E-state index in [2.05, 4.69) is 0 Å². The second-order valence-electron chi connectivity index (χ2n) is 5.34. The highest BCUT2D eigenvalue weighted by Crippen LogP contribution is 2.42. The summed E-state index contributed by atoms with van der Waals surface area (Å²) in [5.74, 6) is 0.0662. The number of hydrogen-bond donors (Lipinski definition) is 1. The van der Waals surface area contributed by atoms with Gasteiger partial charge in [0.2, 0.25) is 0 Å². The first kappa shape index (κ1) is 20.5. The number of rotatable bonds is 4. The predicted octanol–water partition coefficient (Wildman–Crippen LogP) is 4.62. The standard InChI is InChI=1S/C14H14F6O3S/c1-8(2)10-5-3-9(4-6-10)7-11(24(21,22)23)12(13(15,16)17)14(18,19)20/h3-6,8H,7H2,1-2H3,(H,21,22,23). The van der Waals surface area contributed by atoms with Gasteiger partial charge in [0.05, 0.1) is 4.91 Å². The van der Waals surface area contributed by atoms with Gasteiger partial charge in [0.1, 0.15) is 0 Å². The van der Waals surface area contributed by atoms with Crippen LogP contribution in [0, 0.1) is 0 Å². The maximum absolute atomic E-state index is 12.7. The zero-order chi connectivity index (χ0) is 18.9. The van der Waals surface area contributed by atoms with Gasteiger partial charge in [-0.3, -0.25) is 4.55 Å². The normalized spacial score (nSPS) is 13.2. The third-order valence-corrected chi connectivity index (χ3v) is 4.14. The number of alkyl halides is 6. The van der Waals surface area contributed by atoms with Crippen LogP contribution in [0.4, 0.5) is 26.3 Å². The summed E-state index contributed by atoms with van der Waals surface area (Å²) in [5, 5.41) is 0. The van der Waals surface area contributed by atoms with Crippen LogP contribution in [-0.4, -0.2) is 25.3 Å². The molecule has 1 rings (SSSR count).